The first-order valence-corrected chi connectivity index (χ1v) is 6.01. The number of amides is 1. The minimum Gasteiger partial charge on any atom is -0.480 e. The van der Waals surface area contributed by atoms with Gasteiger partial charge >= 0.3 is 5.97 Å². The highest BCUT2D eigenvalue weighted by Gasteiger charge is 2.24. The summed E-state index contributed by atoms with van der Waals surface area (Å²) in [5, 5.41) is 12.0. The Hall–Kier alpha value is -1.55. The lowest BCUT2D eigenvalue weighted by atomic mass is 10.0. The topological polar surface area (TPSA) is 66.4 Å². The van der Waals surface area contributed by atoms with Crippen LogP contribution >= 0.6 is 11.6 Å². The summed E-state index contributed by atoms with van der Waals surface area (Å²) < 4.78 is 0. The molecule has 0 unspecified atom stereocenters. The molecule has 0 aliphatic rings. The number of benzene rings is 1. The predicted octanol–water partition coefficient (Wildman–Crippen LogP) is 2.49. The van der Waals surface area contributed by atoms with Gasteiger partial charge in [0, 0.05) is 10.6 Å². The Labute approximate surface area is 111 Å². The molecule has 0 aliphatic heterocycles. The van der Waals surface area contributed by atoms with Crippen molar-refractivity contribution in [1.29, 1.82) is 0 Å². The van der Waals surface area contributed by atoms with E-state index in [0.717, 1.165) is 0 Å². The number of carboxylic acids is 1. The highest BCUT2D eigenvalue weighted by Crippen LogP contribution is 2.19. The van der Waals surface area contributed by atoms with Crippen molar-refractivity contribution >= 4 is 23.5 Å². The van der Waals surface area contributed by atoms with Crippen LogP contribution in [0.15, 0.2) is 18.2 Å². The third-order valence-electron chi connectivity index (χ3n) is 2.73. The fourth-order valence-corrected chi connectivity index (χ4v) is 1.76. The van der Waals surface area contributed by atoms with Gasteiger partial charge in [-0.25, -0.2) is 4.79 Å². The molecule has 0 bridgehead atoms. The summed E-state index contributed by atoms with van der Waals surface area (Å²) in [6.45, 7) is 5.20. The Balaban J connectivity index is 2.94. The maximum Gasteiger partial charge on any atom is 0.326 e. The standard InChI is InChI=1S/C13H16ClNO3/c1-7(2)11(13(17)18)15-12(16)9-5-4-6-10(14)8(9)3/h4-7,11H,1-3H3,(H,15,16)(H,17,18)/t11-/m1/s1. The van der Waals surface area contributed by atoms with Crippen LogP contribution in [-0.2, 0) is 4.79 Å². The van der Waals surface area contributed by atoms with Gasteiger partial charge in [0.25, 0.3) is 5.91 Å². The summed E-state index contributed by atoms with van der Waals surface area (Å²) in [7, 11) is 0. The number of nitrogens with one attached hydrogen (secondary N) is 1. The zero-order valence-corrected chi connectivity index (χ0v) is 11.3. The van der Waals surface area contributed by atoms with Crippen LogP contribution in [0.3, 0.4) is 0 Å². The van der Waals surface area contributed by atoms with Crippen molar-refractivity contribution in [2.45, 2.75) is 26.8 Å². The number of aliphatic carboxylic acids is 1. The van der Waals surface area contributed by atoms with Gasteiger partial charge in [0.1, 0.15) is 6.04 Å². The van der Waals surface area contributed by atoms with Crippen LogP contribution in [0.4, 0.5) is 0 Å². The molecule has 1 aromatic carbocycles. The van der Waals surface area contributed by atoms with E-state index >= 15 is 0 Å². The highest BCUT2D eigenvalue weighted by molar-refractivity contribution is 6.31. The van der Waals surface area contributed by atoms with E-state index in [9.17, 15) is 9.59 Å². The summed E-state index contributed by atoms with van der Waals surface area (Å²) in [5.41, 5.74) is 1.04. The van der Waals surface area contributed by atoms with Gasteiger partial charge in [0.05, 0.1) is 0 Å². The number of carbonyl (C=O) groups is 2. The zero-order chi connectivity index (χ0) is 13.9. The molecule has 18 heavy (non-hydrogen) atoms. The van der Waals surface area contributed by atoms with Crippen LogP contribution < -0.4 is 5.32 Å². The van der Waals surface area contributed by atoms with Crippen LogP contribution in [0.25, 0.3) is 0 Å². The Kier molecular flexibility index (Phi) is 4.73. The number of hydrogen-bond donors (Lipinski definition) is 2. The van der Waals surface area contributed by atoms with Gasteiger partial charge in [-0.2, -0.15) is 0 Å². The van der Waals surface area contributed by atoms with E-state index in [1.54, 1.807) is 39.0 Å². The summed E-state index contributed by atoms with van der Waals surface area (Å²) in [4.78, 5) is 23.0. The lowest BCUT2D eigenvalue weighted by Gasteiger charge is -2.18. The van der Waals surface area contributed by atoms with E-state index in [1.165, 1.54) is 0 Å². The largest absolute Gasteiger partial charge is 0.480 e. The van der Waals surface area contributed by atoms with Crippen molar-refractivity contribution in [3.63, 3.8) is 0 Å². The van der Waals surface area contributed by atoms with Crippen molar-refractivity contribution in [3.8, 4) is 0 Å². The Bertz CT molecular complexity index is 471. The highest BCUT2D eigenvalue weighted by atomic mass is 35.5. The van der Waals surface area contributed by atoms with Crippen molar-refractivity contribution in [2.24, 2.45) is 5.92 Å². The van der Waals surface area contributed by atoms with Crippen molar-refractivity contribution in [1.82, 2.24) is 5.32 Å². The fourth-order valence-electron chi connectivity index (χ4n) is 1.59. The normalized spacial score (nSPS) is 12.3. The van der Waals surface area contributed by atoms with Gasteiger partial charge in [0.2, 0.25) is 0 Å². The second-order valence-corrected chi connectivity index (χ2v) is 4.85. The summed E-state index contributed by atoms with van der Waals surface area (Å²) in [5.74, 6) is -1.65. The molecule has 5 heteroatoms. The second-order valence-electron chi connectivity index (χ2n) is 4.45. The summed E-state index contributed by atoms with van der Waals surface area (Å²) in [6, 6.07) is 4.06. The molecule has 0 spiro atoms. The number of carbonyl (C=O) groups excluding carboxylic acids is 1. The first-order chi connectivity index (χ1) is 8.34. The molecule has 98 valence electrons. The molecular weight excluding hydrogens is 254 g/mol. The van der Waals surface area contributed by atoms with Crippen LogP contribution in [0.5, 0.6) is 0 Å². The number of rotatable bonds is 4. The monoisotopic (exact) mass is 269 g/mol. The average Bonchev–Trinajstić information content (AvgIpc) is 2.28. The van der Waals surface area contributed by atoms with E-state index in [0.29, 0.717) is 16.1 Å². The van der Waals surface area contributed by atoms with E-state index < -0.39 is 17.9 Å². The molecule has 0 saturated carbocycles. The van der Waals surface area contributed by atoms with Crippen LogP contribution in [0, 0.1) is 12.8 Å². The molecular formula is C13H16ClNO3. The van der Waals surface area contributed by atoms with E-state index in [2.05, 4.69) is 5.32 Å². The quantitative estimate of drug-likeness (QED) is 0.882. The van der Waals surface area contributed by atoms with Gasteiger partial charge in [-0.15, -0.1) is 0 Å². The summed E-state index contributed by atoms with van der Waals surface area (Å²) >= 11 is 5.92. The Morgan fingerprint density at radius 2 is 1.94 bits per heavy atom. The average molecular weight is 270 g/mol. The minimum atomic E-state index is -1.04. The molecule has 1 rings (SSSR count). The Morgan fingerprint density at radius 3 is 2.44 bits per heavy atom. The molecule has 0 aliphatic carbocycles. The van der Waals surface area contributed by atoms with E-state index in [1.807, 2.05) is 0 Å². The van der Waals surface area contributed by atoms with Gasteiger partial charge < -0.3 is 10.4 Å². The molecule has 0 fully saturated rings. The van der Waals surface area contributed by atoms with Crippen molar-refractivity contribution < 1.29 is 14.7 Å². The molecule has 4 nitrogen and oxygen atoms in total. The van der Waals surface area contributed by atoms with E-state index in [4.69, 9.17) is 16.7 Å². The van der Waals surface area contributed by atoms with Crippen LogP contribution in [0.1, 0.15) is 29.8 Å². The van der Waals surface area contributed by atoms with Crippen LogP contribution in [0.2, 0.25) is 5.02 Å². The van der Waals surface area contributed by atoms with Gasteiger partial charge in [-0.05, 0) is 30.5 Å². The molecule has 1 amide bonds. The zero-order valence-electron chi connectivity index (χ0n) is 10.5. The van der Waals surface area contributed by atoms with Gasteiger partial charge in [-0.1, -0.05) is 31.5 Å². The minimum absolute atomic E-state index is 0.189. The molecule has 0 aromatic heterocycles. The lowest BCUT2D eigenvalue weighted by Crippen LogP contribution is -2.44. The first kappa shape index (κ1) is 14.5. The number of carboxylic acid groups (broad SMARTS) is 1. The molecule has 1 atom stereocenters. The molecule has 1 aromatic rings. The van der Waals surface area contributed by atoms with Gasteiger partial charge in [-0.3, -0.25) is 4.79 Å². The maximum atomic E-state index is 12.0. The lowest BCUT2D eigenvalue weighted by molar-refractivity contribution is -0.140. The third-order valence-corrected chi connectivity index (χ3v) is 3.14. The van der Waals surface area contributed by atoms with E-state index in [-0.39, 0.29) is 5.92 Å². The third kappa shape index (κ3) is 3.23. The Morgan fingerprint density at radius 1 is 1.33 bits per heavy atom. The maximum absolute atomic E-state index is 12.0. The second kappa shape index (κ2) is 5.87. The first-order valence-electron chi connectivity index (χ1n) is 5.63. The molecule has 0 saturated heterocycles. The van der Waals surface area contributed by atoms with Crippen molar-refractivity contribution in [3.05, 3.63) is 34.3 Å². The SMILES string of the molecule is Cc1c(Cl)cccc1C(=O)N[C@@H](C(=O)O)C(C)C. The van der Waals surface area contributed by atoms with Crippen molar-refractivity contribution in [2.75, 3.05) is 0 Å². The number of hydrogen-bond acceptors (Lipinski definition) is 2. The van der Waals surface area contributed by atoms with Gasteiger partial charge in [0.15, 0.2) is 0 Å². The van der Waals surface area contributed by atoms with Crippen LogP contribution in [-0.4, -0.2) is 23.0 Å². The molecule has 0 heterocycles. The molecule has 0 radical (unpaired) electrons. The predicted molar refractivity (Wildman–Crippen MR) is 69.9 cm³/mol. The smallest absolute Gasteiger partial charge is 0.326 e. The summed E-state index contributed by atoms with van der Waals surface area (Å²) in [6.07, 6.45) is 0. The molecule has 2 N–H and O–H groups in total. The fraction of sp³-hybridized carbons (Fsp3) is 0.385. The number of halogens is 1.